The van der Waals surface area contributed by atoms with Gasteiger partial charge in [-0.05, 0) is 30.3 Å². The fourth-order valence-corrected chi connectivity index (χ4v) is 3.37. The van der Waals surface area contributed by atoms with Crippen LogP contribution in [0.25, 0.3) is 11.1 Å². The maximum atomic E-state index is 13.5. The van der Waals surface area contributed by atoms with Gasteiger partial charge in [0.15, 0.2) is 5.58 Å². The summed E-state index contributed by atoms with van der Waals surface area (Å²) in [5.41, 5.74) is 1.72. The summed E-state index contributed by atoms with van der Waals surface area (Å²) in [4.78, 5) is 31.1. The van der Waals surface area contributed by atoms with Gasteiger partial charge in [0.25, 0.3) is 5.91 Å². The molecule has 1 unspecified atom stereocenters. The topological polar surface area (TPSA) is 85.8 Å². The highest BCUT2D eigenvalue weighted by Crippen LogP contribution is 2.25. The number of ether oxygens (including phenoxy) is 1. The van der Waals surface area contributed by atoms with E-state index >= 15 is 0 Å². The van der Waals surface area contributed by atoms with Gasteiger partial charge >= 0.3 is 5.97 Å². The van der Waals surface area contributed by atoms with Crippen molar-refractivity contribution in [1.82, 2.24) is 9.88 Å². The third kappa shape index (κ3) is 4.95. The summed E-state index contributed by atoms with van der Waals surface area (Å²) in [6.45, 7) is 1.47. The second-order valence-corrected chi connectivity index (χ2v) is 7.33. The molecule has 7 nitrogen and oxygen atoms in total. The molecule has 0 aliphatic heterocycles. The highest BCUT2D eigenvalue weighted by molar-refractivity contribution is 6.31. The Balaban J connectivity index is 1.66. The molecule has 0 aliphatic rings. The van der Waals surface area contributed by atoms with Gasteiger partial charge in [0.2, 0.25) is 12.0 Å². The van der Waals surface area contributed by atoms with Gasteiger partial charge in [-0.2, -0.15) is 0 Å². The van der Waals surface area contributed by atoms with Crippen LogP contribution in [0.5, 0.6) is 0 Å². The number of hydrogen-bond donors (Lipinski definition) is 0. The molecule has 0 bridgehead atoms. The minimum Gasteiger partial charge on any atom is -0.467 e. The molecule has 1 atom stereocenters. The van der Waals surface area contributed by atoms with Crippen LogP contribution >= 0.6 is 11.6 Å². The fourth-order valence-electron chi connectivity index (χ4n) is 3.20. The van der Waals surface area contributed by atoms with Crippen LogP contribution in [0.1, 0.15) is 30.2 Å². The Morgan fingerprint density at radius 3 is 2.61 bits per heavy atom. The van der Waals surface area contributed by atoms with E-state index in [4.69, 9.17) is 25.2 Å². The molecule has 0 aliphatic carbocycles. The predicted molar refractivity (Wildman–Crippen MR) is 113 cm³/mol. The SMILES string of the molecule is CC(=O)OC(C(=O)N(Cc1ccco1)Cc1nc2cc(Cl)ccc2o1)c1ccccc1. The van der Waals surface area contributed by atoms with Crippen molar-refractivity contribution >= 4 is 34.6 Å². The quantitative estimate of drug-likeness (QED) is 0.381. The van der Waals surface area contributed by atoms with Gasteiger partial charge in [-0.1, -0.05) is 41.9 Å². The van der Waals surface area contributed by atoms with Crippen LogP contribution < -0.4 is 0 Å². The minimum absolute atomic E-state index is 0.0520. The smallest absolute Gasteiger partial charge is 0.303 e. The first-order chi connectivity index (χ1) is 15.0. The standard InChI is InChI=1S/C23H19ClN2O5/c1-15(27)30-22(16-6-3-2-4-7-16)23(28)26(13-18-8-5-11-29-18)14-21-25-19-12-17(24)9-10-20(19)31-21/h2-12,22H,13-14H2,1H3. The highest BCUT2D eigenvalue weighted by atomic mass is 35.5. The van der Waals surface area contributed by atoms with Gasteiger partial charge in [0.1, 0.15) is 11.3 Å². The lowest BCUT2D eigenvalue weighted by Gasteiger charge is -2.25. The number of hydrogen-bond acceptors (Lipinski definition) is 6. The summed E-state index contributed by atoms with van der Waals surface area (Å²) >= 11 is 6.03. The molecule has 0 N–H and O–H groups in total. The molecule has 2 heterocycles. The first-order valence-electron chi connectivity index (χ1n) is 9.58. The summed E-state index contributed by atoms with van der Waals surface area (Å²) in [6, 6.07) is 17.5. The third-order valence-corrected chi connectivity index (χ3v) is 4.80. The van der Waals surface area contributed by atoms with Crippen molar-refractivity contribution in [1.29, 1.82) is 0 Å². The van der Waals surface area contributed by atoms with Crippen molar-refractivity contribution in [3.8, 4) is 0 Å². The van der Waals surface area contributed by atoms with Crippen LogP contribution in [0.15, 0.2) is 75.8 Å². The van der Waals surface area contributed by atoms with Crippen LogP contribution in [0.4, 0.5) is 0 Å². The third-order valence-electron chi connectivity index (χ3n) is 4.57. The van der Waals surface area contributed by atoms with Gasteiger partial charge in [0, 0.05) is 17.5 Å². The number of amides is 1. The molecule has 31 heavy (non-hydrogen) atoms. The molecule has 2 aromatic heterocycles. The van der Waals surface area contributed by atoms with Crippen LogP contribution in [-0.4, -0.2) is 21.8 Å². The number of carbonyl (C=O) groups excluding carboxylic acids is 2. The molecule has 158 valence electrons. The first-order valence-corrected chi connectivity index (χ1v) is 9.95. The summed E-state index contributed by atoms with van der Waals surface area (Å²) in [6.07, 6.45) is 0.424. The number of nitrogens with zero attached hydrogens (tertiary/aromatic N) is 2. The number of furan rings is 1. The van der Waals surface area contributed by atoms with E-state index in [-0.39, 0.29) is 13.1 Å². The Morgan fingerprint density at radius 2 is 1.90 bits per heavy atom. The molecule has 4 rings (SSSR count). The number of aromatic nitrogens is 1. The second kappa shape index (κ2) is 9.06. The summed E-state index contributed by atoms with van der Waals surface area (Å²) in [5, 5.41) is 0.537. The van der Waals surface area contributed by atoms with Gasteiger partial charge in [-0.15, -0.1) is 0 Å². The number of rotatable bonds is 7. The Labute approximate surface area is 183 Å². The maximum Gasteiger partial charge on any atom is 0.303 e. The molecule has 4 aromatic rings. The lowest BCUT2D eigenvalue weighted by molar-refractivity contribution is -0.160. The zero-order valence-electron chi connectivity index (χ0n) is 16.7. The summed E-state index contributed by atoms with van der Waals surface area (Å²) in [5.74, 6) is -0.0799. The Hall–Kier alpha value is -3.58. The van der Waals surface area contributed by atoms with Crippen molar-refractivity contribution in [2.45, 2.75) is 26.1 Å². The maximum absolute atomic E-state index is 13.5. The zero-order valence-corrected chi connectivity index (χ0v) is 17.4. The molecule has 2 aromatic carbocycles. The predicted octanol–water partition coefficient (Wildman–Crippen LogP) is 4.91. The number of benzene rings is 2. The van der Waals surface area contributed by atoms with Crippen LogP contribution in [0.3, 0.4) is 0 Å². The van der Waals surface area contributed by atoms with Crippen LogP contribution in [0, 0.1) is 0 Å². The second-order valence-electron chi connectivity index (χ2n) is 6.89. The van der Waals surface area contributed by atoms with Crippen molar-refractivity contribution in [2.24, 2.45) is 0 Å². The monoisotopic (exact) mass is 438 g/mol. The van der Waals surface area contributed by atoms with Gasteiger partial charge in [-0.25, -0.2) is 4.98 Å². The van der Waals surface area contributed by atoms with Crippen molar-refractivity contribution in [2.75, 3.05) is 0 Å². The largest absolute Gasteiger partial charge is 0.467 e. The van der Waals surface area contributed by atoms with E-state index in [1.807, 2.05) is 6.07 Å². The Kier molecular flexibility index (Phi) is 6.04. The normalized spacial score (nSPS) is 11.9. The molecular formula is C23H19ClN2O5. The molecule has 0 fully saturated rings. The number of halogens is 1. The van der Waals surface area contributed by atoms with Crippen molar-refractivity contribution in [3.63, 3.8) is 0 Å². The number of fused-ring (bicyclic) bond motifs is 1. The van der Waals surface area contributed by atoms with E-state index in [9.17, 15) is 9.59 Å². The van der Waals surface area contributed by atoms with Gasteiger partial charge in [0.05, 0.1) is 19.4 Å². The molecule has 0 saturated carbocycles. The number of carbonyl (C=O) groups is 2. The van der Waals surface area contributed by atoms with Gasteiger partial charge in [-0.3, -0.25) is 9.59 Å². The van der Waals surface area contributed by atoms with Crippen LogP contribution in [0.2, 0.25) is 5.02 Å². The summed E-state index contributed by atoms with van der Waals surface area (Å²) in [7, 11) is 0. The average Bonchev–Trinajstić information content (AvgIpc) is 3.40. The van der Waals surface area contributed by atoms with E-state index in [2.05, 4.69) is 4.98 Å². The van der Waals surface area contributed by atoms with E-state index in [1.165, 1.54) is 18.1 Å². The number of oxazole rings is 1. The van der Waals surface area contributed by atoms with Crippen LogP contribution in [-0.2, 0) is 27.4 Å². The highest BCUT2D eigenvalue weighted by Gasteiger charge is 2.30. The summed E-state index contributed by atoms with van der Waals surface area (Å²) < 4.78 is 16.6. The molecule has 0 spiro atoms. The fraction of sp³-hybridized carbons (Fsp3) is 0.174. The van der Waals surface area contributed by atoms with Crippen molar-refractivity contribution < 1.29 is 23.2 Å². The average molecular weight is 439 g/mol. The van der Waals surface area contributed by atoms with E-state index in [0.29, 0.717) is 33.3 Å². The minimum atomic E-state index is -1.10. The van der Waals surface area contributed by atoms with E-state index in [1.54, 1.807) is 54.6 Å². The molecule has 1 amide bonds. The lowest BCUT2D eigenvalue weighted by atomic mass is 10.1. The van der Waals surface area contributed by atoms with Crippen molar-refractivity contribution in [3.05, 3.63) is 89.2 Å². The lowest BCUT2D eigenvalue weighted by Crippen LogP contribution is -2.36. The Bertz CT molecular complexity index is 1190. The number of esters is 1. The molecule has 0 saturated heterocycles. The molecular weight excluding hydrogens is 420 g/mol. The van der Waals surface area contributed by atoms with E-state index < -0.39 is 18.0 Å². The molecule has 8 heteroatoms. The first kappa shape index (κ1) is 20.7. The Morgan fingerprint density at radius 1 is 1.10 bits per heavy atom. The van der Waals surface area contributed by atoms with Gasteiger partial charge < -0.3 is 18.5 Å². The molecule has 0 radical (unpaired) electrons. The zero-order chi connectivity index (χ0) is 21.8. The van der Waals surface area contributed by atoms with E-state index in [0.717, 1.165) is 0 Å².